The van der Waals surface area contributed by atoms with Crippen molar-refractivity contribution in [3.05, 3.63) is 65.7 Å². The van der Waals surface area contributed by atoms with Crippen molar-refractivity contribution in [3.63, 3.8) is 0 Å². The largest absolute Gasteiger partial charge is 0.383 e. The van der Waals surface area contributed by atoms with Gasteiger partial charge in [-0.15, -0.1) is 5.10 Å². The Morgan fingerprint density at radius 2 is 1.97 bits per heavy atom. The quantitative estimate of drug-likeness (QED) is 0.590. The number of nitrogens with zero attached hydrogens (tertiary/aromatic N) is 4. The first-order chi connectivity index (χ1) is 15.9. The van der Waals surface area contributed by atoms with Gasteiger partial charge in [0, 0.05) is 32.8 Å². The minimum atomic E-state index is -0.775. The number of benzene rings is 2. The zero-order chi connectivity index (χ0) is 23.8. The number of hydrogen-bond donors (Lipinski definition) is 2. The van der Waals surface area contributed by atoms with Crippen molar-refractivity contribution in [3.8, 4) is 11.4 Å². The average Bonchev–Trinajstić information content (AvgIpc) is 3.42. The van der Waals surface area contributed by atoms with Crippen LogP contribution in [0.3, 0.4) is 0 Å². The third kappa shape index (κ3) is 6.80. The molecular weight excluding hydrogens is 430 g/mol. The Bertz CT molecular complexity index is 1060. The topological polar surface area (TPSA) is 98.3 Å². The number of nitrogens with one attached hydrogen (secondary N) is 1. The Labute approximate surface area is 191 Å². The van der Waals surface area contributed by atoms with E-state index in [9.17, 15) is 13.6 Å². The van der Waals surface area contributed by atoms with Crippen molar-refractivity contribution >= 4 is 12.0 Å². The number of nitrogens with two attached hydrogens (primary N) is 1. The zero-order valence-electron chi connectivity index (χ0n) is 18.7. The van der Waals surface area contributed by atoms with E-state index in [0.29, 0.717) is 24.3 Å². The van der Waals surface area contributed by atoms with Gasteiger partial charge in [0.05, 0.1) is 6.61 Å². The summed E-state index contributed by atoms with van der Waals surface area (Å²) >= 11 is 0. The number of aromatic nitrogens is 3. The monoisotopic (exact) mass is 458 g/mol. The van der Waals surface area contributed by atoms with E-state index in [1.807, 2.05) is 30.3 Å². The van der Waals surface area contributed by atoms with Crippen molar-refractivity contribution < 1.29 is 18.3 Å². The summed E-state index contributed by atoms with van der Waals surface area (Å²) in [4.78, 5) is 17.1. The lowest BCUT2D eigenvalue weighted by Gasteiger charge is -2.15. The molecule has 8 nitrogen and oxygen atoms in total. The Morgan fingerprint density at radius 3 is 2.64 bits per heavy atom. The molecule has 4 rings (SSSR count). The van der Waals surface area contributed by atoms with Gasteiger partial charge in [-0.25, -0.2) is 18.3 Å². The molecule has 0 spiro atoms. The number of primary amides is 1. The molecule has 2 amide bonds. The summed E-state index contributed by atoms with van der Waals surface area (Å²) in [6.45, 7) is 3.50. The van der Waals surface area contributed by atoms with E-state index >= 15 is 0 Å². The first-order valence-electron chi connectivity index (χ1n) is 10.6. The lowest BCUT2D eigenvalue weighted by atomic mass is 9.98. The van der Waals surface area contributed by atoms with Gasteiger partial charge in [0.25, 0.3) is 0 Å². The van der Waals surface area contributed by atoms with Gasteiger partial charge >= 0.3 is 6.03 Å². The number of methoxy groups -OCH3 is 1. The van der Waals surface area contributed by atoms with Crippen LogP contribution in [0.2, 0.25) is 0 Å². The van der Waals surface area contributed by atoms with Gasteiger partial charge in [-0.3, -0.25) is 5.32 Å². The fraction of sp³-hybridized carbons (Fsp3) is 0.348. The molecule has 33 heavy (non-hydrogen) atoms. The van der Waals surface area contributed by atoms with Crippen molar-refractivity contribution in [1.82, 2.24) is 19.7 Å². The highest BCUT2D eigenvalue weighted by atomic mass is 19.2. The van der Waals surface area contributed by atoms with Crippen molar-refractivity contribution in [2.45, 2.75) is 12.3 Å². The summed E-state index contributed by atoms with van der Waals surface area (Å²) in [5.74, 6) is -0.346. The molecular formula is C23H28F2N6O2. The third-order valence-corrected chi connectivity index (χ3v) is 5.33. The number of halogens is 2. The highest BCUT2D eigenvalue weighted by Gasteiger charge is 2.24. The SMILES string of the molecule is COCCN1CCC(c2ccc(F)c(F)c2)C1.Cn1nc(-c2ccccc2)nc1NC(N)=O. The molecule has 0 radical (unpaired) electrons. The number of hydrogen-bond acceptors (Lipinski definition) is 5. The maximum absolute atomic E-state index is 13.1. The summed E-state index contributed by atoms with van der Waals surface area (Å²) in [7, 11) is 3.37. The van der Waals surface area contributed by atoms with Crippen LogP contribution >= 0.6 is 0 Å². The summed E-state index contributed by atoms with van der Waals surface area (Å²) < 4.78 is 32.4. The van der Waals surface area contributed by atoms with E-state index in [2.05, 4.69) is 20.3 Å². The maximum Gasteiger partial charge on any atom is 0.318 e. The zero-order valence-corrected chi connectivity index (χ0v) is 18.7. The molecule has 0 saturated carbocycles. The number of rotatable bonds is 6. The minimum Gasteiger partial charge on any atom is -0.383 e. The van der Waals surface area contributed by atoms with Crippen LogP contribution in [0, 0.1) is 11.6 Å². The van der Waals surface area contributed by atoms with Crippen LogP contribution in [0.25, 0.3) is 11.4 Å². The highest BCUT2D eigenvalue weighted by molar-refractivity contribution is 5.86. The third-order valence-electron chi connectivity index (χ3n) is 5.33. The second kappa shape index (κ2) is 11.5. The molecule has 2 aromatic carbocycles. The van der Waals surface area contributed by atoms with Crippen LogP contribution in [0.15, 0.2) is 48.5 Å². The molecule has 1 unspecified atom stereocenters. The van der Waals surface area contributed by atoms with E-state index < -0.39 is 17.7 Å². The molecule has 1 fully saturated rings. The molecule has 2 heterocycles. The number of ether oxygens (including phenoxy) is 1. The van der Waals surface area contributed by atoms with Gasteiger partial charge in [-0.2, -0.15) is 4.98 Å². The van der Waals surface area contributed by atoms with Crippen LogP contribution in [-0.4, -0.2) is 59.0 Å². The Kier molecular flexibility index (Phi) is 8.45. The highest BCUT2D eigenvalue weighted by Crippen LogP contribution is 2.27. The number of carbonyl (C=O) groups is 1. The van der Waals surface area contributed by atoms with Crippen LogP contribution in [0.1, 0.15) is 17.9 Å². The normalized spacial score (nSPS) is 15.7. The second-order valence-electron chi connectivity index (χ2n) is 7.69. The molecule has 1 saturated heterocycles. The van der Waals surface area contributed by atoms with Crippen LogP contribution < -0.4 is 11.1 Å². The summed E-state index contributed by atoms with van der Waals surface area (Å²) in [5, 5.41) is 6.56. The minimum absolute atomic E-state index is 0.307. The molecule has 0 bridgehead atoms. The molecule has 1 aromatic heterocycles. The number of carbonyl (C=O) groups excluding carboxylic acids is 1. The number of likely N-dealkylation sites (tertiary alicyclic amines) is 1. The standard InChI is InChI=1S/C13H17F2NO.C10H11N5O/c1-17-7-6-16-5-4-11(9-16)10-2-3-12(14)13(15)8-10;1-15-10(13-9(11)16)12-8(14-15)7-5-3-2-4-6-7/h2-3,8,11H,4-7,9H2,1H3;2-6H,1H3,(H3,11,12,13,14,16). The van der Waals surface area contributed by atoms with E-state index in [-0.39, 0.29) is 0 Å². The van der Waals surface area contributed by atoms with Gasteiger partial charge in [0.15, 0.2) is 17.5 Å². The molecule has 3 N–H and O–H groups in total. The number of aryl methyl sites for hydroxylation is 1. The smallest absolute Gasteiger partial charge is 0.318 e. The average molecular weight is 459 g/mol. The fourth-order valence-electron chi connectivity index (χ4n) is 3.61. The lowest BCUT2D eigenvalue weighted by molar-refractivity contribution is 0.160. The molecule has 1 aliphatic rings. The van der Waals surface area contributed by atoms with Crippen LogP contribution in [0.4, 0.5) is 19.5 Å². The predicted molar refractivity (Wildman–Crippen MR) is 122 cm³/mol. The lowest BCUT2D eigenvalue weighted by Crippen LogP contribution is -2.24. The summed E-state index contributed by atoms with van der Waals surface area (Å²) in [6, 6.07) is 13.0. The fourth-order valence-corrected chi connectivity index (χ4v) is 3.61. The summed E-state index contributed by atoms with van der Waals surface area (Å²) in [5.41, 5.74) is 6.79. The summed E-state index contributed by atoms with van der Waals surface area (Å²) in [6.07, 6.45) is 0.995. The second-order valence-corrected chi connectivity index (χ2v) is 7.69. The molecule has 176 valence electrons. The first-order valence-corrected chi connectivity index (χ1v) is 10.6. The molecule has 10 heteroatoms. The Hall–Kier alpha value is -3.37. The number of amides is 2. The van der Waals surface area contributed by atoms with Crippen molar-refractivity contribution in [2.75, 3.05) is 38.7 Å². The van der Waals surface area contributed by atoms with Crippen LogP contribution in [0.5, 0.6) is 0 Å². The van der Waals surface area contributed by atoms with Gasteiger partial charge in [-0.1, -0.05) is 36.4 Å². The molecule has 3 aromatic rings. The molecule has 1 aliphatic heterocycles. The van der Waals surface area contributed by atoms with Gasteiger partial charge in [0.1, 0.15) is 0 Å². The Balaban J connectivity index is 0.000000186. The molecule has 1 atom stereocenters. The van der Waals surface area contributed by atoms with E-state index in [4.69, 9.17) is 10.5 Å². The first kappa shape index (κ1) is 24.3. The number of urea groups is 1. The maximum atomic E-state index is 13.1. The Morgan fingerprint density at radius 1 is 1.21 bits per heavy atom. The van der Waals surface area contributed by atoms with Gasteiger partial charge < -0.3 is 15.4 Å². The van der Waals surface area contributed by atoms with Gasteiger partial charge in [0.2, 0.25) is 5.95 Å². The van der Waals surface area contributed by atoms with Crippen molar-refractivity contribution in [1.29, 1.82) is 0 Å². The van der Waals surface area contributed by atoms with Crippen molar-refractivity contribution in [2.24, 2.45) is 12.8 Å². The van der Waals surface area contributed by atoms with Gasteiger partial charge in [-0.05, 0) is 36.6 Å². The van der Waals surface area contributed by atoms with E-state index in [1.165, 1.54) is 16.8 Å². The number of anilines is 1. The van der Waals surface area contributed by atoms with E-state index in [0.717, 1.165) is 37.2 Å². The van der Waals surface area contributed by atoms with E-state index in [1.54, 1.807) is 20.2 Å². The van der Waals surface area contributed by atoms with Crippen LogP contribution in [-0.2, 0) is 11.8 Å². The predicted octanol–water partition coefficient (Wildman–Crippen LogP) is 3.37. The molecule has 0 aliphatic carbocycles.